The molecule has 2 rings (SSSR count). The zero-order valence-corrected chi connectivity index (χ0v) is 18.0. The number of nitrogens with two attached hydrogens (primary N) is 1. The van der Waals surface area contributed by atoms with E-state index in [4.69, 9.17) is 26.8 Å². The second-order valence-corrected chi connectivity index (χ2v) is 6.71. The third-order valence-electron chi connectivity index (χ3n) is 4.05. The van der Waals surface area contributed by atoms with Crippen LogP contribution in [0.5, 0.6) is 11.5 Å². The average molecular weight is 446 g/mol. The van der Waals surface area contributed by atoms with E-state index in [1.807, 2.05) is 6.92 Å². The molecule has 0 heterocycles. The Morgan fingerprint density at radius 3 is 2.61 bits per heavy atom. The molecule has 0 spiro atoms. The second kappa shape index (κ2) is 11.6. The van der Waals surface area contributed by atoms with Crippen LogP contribution < -0.4 is 25.8 Å². The third kappa shape index (κ3) is 7.04. The summed E-state index contributed by atoms with van der Waals surface area (Å²) in [6, 6.07) is 9.88. The molecule has 4 N–H and O–H groups in total. The summed E-state index contributed by atoms with van der Waals surface area (Å²) in [5, 5.41) is 5.61. The van der Waals surface area contributed by atoms with Crippen LogP contribution in [0.3, 0.4) is 0 Å². The van der Waals surface area contributed by atoms with Crippen molar-refractivity contribution in [1.29, 1.82) is 0 Å². The number of ether oxygens (including phenoxy) is 2. The molecule has 9 heteroatoms. The van der Waals surface area contributed by atoms with Crippen molar-refractivity contribution < 1.29 is 23.9 Å². The Hall–Kier alpha value is -3.52. The van der Waals surface area contributed by atoms with Crippen LogP contribution in [-0.4, -0.2) is 38.0 Å². The van der Waals surface area contributed by atoms with Crippen LogP contribution in [0.1, 0.15) is 29.3 Å². The molecule has 0 fully saturated rings. The predicted octanol–water partition coefficient (Wildman–Crippen LogP) is 3.00. The van der Waals surface area contributed by atoms with Gasteiger partial charge in [-0.1, -0.05) is 23.7 Å². The monoisotopic (exact) mass is 445 g/mol. The number of halogens is 1. The number of anilines is 1. The largest absolute Gasteiger partial charge is 0.491 e. The van der Waals surface area contributed by atoms with Crippen molar-refractivity contribution in [1.82, 2.24) is 5.32 Å². The highest BCUT2D eigenvalue weighted by atomic mass is 35.5. The number of carbonyl (C=O) groups is 3. The maximum Gasteiger partial charge on any atom is 0.253 e. The Morgan fingerprint density at radius 1 is 1.19 bits per heavy atom. The minimum absolute atomic E-state index is 0.0250. The summed E-state index contributed by atoms with van der Waals surface area (Å²) in [5.41, 5.74) is 6.30. The van der Waals surface area contributed by atoms with Crippen molar-refractivity contribution in [3.8, 4) is 11.5 Å². The van der Waals surface area contributed by atoms with Crippen molar-refractivity contribution in [3.05, 3.63) is 58.6 Å². The molecule has 0 aliphatic carbocycles. The topological polar surface area (TPSA) is 120 Å². The molecule has 31 heavy (non-hydrogen) atoms. The molecular formula is C22H24ClN3O5. The Kier molecular flexibility index (Phi) is 8.90. The SMILES string of the molecule is CCOc1cc(/C=C/C(=O)Nc2ccccc2C(=O)NCCC(N)=O)cc(Cl)c1OC. The highest BCUT2D eigenvalue weighted by Crippen LogP contribution is 2.36. The molecule has 0 saturated carbocycles. The number of hydrogen-bond donors (Lipinski definition) is 3. The van der Waals surface area contributed by atoms with E-state index < -0.39 is 17.7 Å². The Morgan fingerprint density at radius 2 is 1.94 bits per heavy atom. The standard InChI is InChI=1S/C22H24ClN3O5/c1-3-31-18-13-14(12-16(23)21(18)30-2)8-9-20(28)26-17-7-5-4-6-15(17)22(29)25-11-10-19(24)27/h4-9,12-13H,3,10-11H2,1-2H3,(H2,24,27)(H,25,29)(H,26,28)/b9-8+. The van der Waals surface area contributed by atoms with E-state index in [1.165, 1.54) is 13.2 Å². The average Bonchev–Trinajstić information content (AvgIpc) is 2.72. The fraction of sp³-hybridized carbons (Fsp3) is 0.227. The van der Waals surface area contributed by atoms with Crippen LogP contribution in [0, 0.1) is 0 Å². The highest BCUT2D eigenvalue weighted by molar-refractivity contribution is 6.32. The number of rotatable bonds is 10. The van der Waals surface area contributed by atoms with Gasteiger partial charge in [-0.15, -0.1) is 0 Å². The molecule has 2 aromatic rings. The molecule has 0 radical (unpaired) electrons. The number of benzene rings is 2. The molecule has 0 saturated heterocycles. The molecule has 0 aliphatic rings. The number of primary amides is 1. The van der Waals surface area contributed by atoms with Gasteiger partial charge in [-0.25, -0.2) is 0 Å². The van der Waals surface area contributed by atoms with E-state index in [-0.39, 0.29) is 18.5 Å². The molecular weight excluding hydrogens is 422 g/mol. The summed E-state index contributed by atoms with van der Waals surface area (Å²) in [6.07, 6.45) is 2.91. The first-order chi connectivity index (χ1) is 14.8. The maximum atomic E-state index is 12.4. The molecule has 0 atom stereocenters. The molecule has 164 valence electrons. The molecule has 0 bridgehead atoms. The number of hydrogen-bond acceptors (Lipinski definition) is 5. The lowest BCUT2D eigenvalue weighted by molar-refractivity contribution is -0.118. The van der Waals surface area contributed by atoms with Gasteiger partial charge in [0.15, 0.2) is 11.5 Å². The summed E-state index contributed by atoms with van der Waals surface area (Å²) in [7, 11) is 1.49. The first kappa shape index (κ1) is 23.8. The lowest BCUT2D eigenvalue weighted by Gasteiger charge is -2.12. The minimum atomic E-state index is -0.516. The van der Waals surface area contributed by atoms with Crippen molar-refractivity contribution in [3.63, 3.8) is 0 Å². The molecule has 0 aromatic heterocycles. The molecule has 2 aromatic carbocycles. The van der Waals surface area contributed by atoms with E-state index in [1.54, 1.807) is 42.5 Å². The number of methoxy groups -OCH3 is 1. The fourth-order valence-electron chi connectivity index (χ4n) is 2.68. The van der Waals surface area contributed by atoms with E-state index in [2.05, 4.69) is 10.6 Å². The number of nitrogens with one attached hydrogen (secondary N) is 2. The lowest BCUT2D eigenvalue weighted by atomic mass is 10.1. The Bertz CT molecular complexity index is 991. The summed E-state index contributed by atoms with van der Waals surface area (Å²) in [6.45, 7) is 2.38. The van der Waals surface area contributed by atoms with E-state index in [0.717, 1.165) is 0 Å². The third-order valence-corrected chi connectivity index (χ3v) is 4.33. The normalized spacial score (nSPS) is 10.5. The molecule has 8 nitrogen and oxygen atoms in total. The quantitative estimate of drug-likeness (QED) is 0.485. The number of para-hydroxylation sites is 1. The van der Waals surface area contributed by atoms with Crippen molar-refractivity contribution in [2.45, 2.75) is 13.3 Å². The Labute approximate surface area is 185 Å². The van der Waals surface area contributed by atoms with Crippen LogP contribution >= 0.6 is 11.6 Å². The molecule has 0 aliphatic heterocycles. The maximum absolute atomic E-state index is 12.4. The van der Waals surface area contributed by atoms with E-state index in [9.17, 15) is 14.4 Å². The van der Waals surface area contributed by atoms with Gasteiger partial charge in [0.05, 0.1) is 30.0 Å². The van der Waals surface area contributed by atoms with Gasteiger partial charge in [0.25, 0.3) is 5.91 Å². The predicted molar refractivity (Wildman–Crippen MR) is 119 cm³/mol. The zero-order chi connectivity index (χ0) is 22.8. The summed E-state index contributed by atoms with van der Waals surface area (Å²) in [5.74, 6) is -0.498. The van der Waals surface area contributed by atoms with Gasteiger partial charge in [-0.2, -0.15) is 0 Å². The summed E-state index contributed by atoms with van der Waals surface area (Å²) < 4.78 is 10.8. The van der Waals surface area contributed by atoms with E-state index in [0.29, 0.717) is 34.4 Å². The van der Waals surface area contributed by atoms with Gasteiger partial charge >= 0.3 is 0 Å². The van der Waals surface area contributed by atoms with Crippen molar-refractivity contribution in [2.75, 3.05) is 25.6 Å². The van der Waals surface area contributed by atoms with Crippen LogP contribution in [0.2, 0.25) is 5.02 Å². The fourth-order valence-corrected chi connectivity index (χ4v) is 2.97. The van der Waals surface area contributed by atoms with Gasteiger partial charge in [-0.05, 0) is 42.8 Å². The highest BCUT2D eigenvalue weighted by Gasteiger charge is 2.13. The smallest absolute Gasteiger partial charge is 0.253 e. The van der Waals surface area contributed by atoms with Gasteiger partial charge in [0, 0.05) is 19.0 Å². The van der Waals surface area contributed by atoms with Crippen molar-refractivity contribution in [2.24, 2.45) is 5.73 Å². The van der Waals surface area contributed by atoms with Crippen LogP contribution in [0.25, 0.3) is 6.08 Å². The minimum Gasteiger partial charge on any atom is -0.491 e. The number of amides is 3. The molecule has 3 amide bonds. The summed E-state index contributed by atoms with van der Waals surface area (Å²) >= 11 is 6.22. The van der Waals surface area contributed by atoms with E-state index >= 15 is 0 Å². The van der Waals surface area contributed by atoms with Gasteiger partial charge in [0.2, 0.25) is 11.8 Å². The number of carbonyl (C=O) groups excluding carboxylic acids is 3. The van der Waals surface area contributed by atoms with Gasteiger partial charge in [-0.3, -0.25) is 14.4 Å². The van der Waals surface area contributed by atoms with Gasteiger partial charge in [0.1, 0.15) is 0 Å². The van der Waals surface area contributed by atoms with Crippen molar-refractivity contribution >= 4 is 41.1 Å². The zero-order valence-electron chi connectivity index (χ0n) is 17.2. The summed E-state index contributed by atoms with van der Waals surface area (Å²) in [4.78, 5) is 35.6. The lowest BCUT2D eigenvalue weighted by Crippen LogP contribution is -2.28. The first-order valence-corrected chi connectivity index (χ1v) is 9.88. The second-order valence-electron chi connectivity index (χ2n) is 6.31. The first-order valence-electron chi connectivity index (χ1n) is 9.50. The Balaban J connectivity index is 2.12. The van der Waals surface area contributed by atoms with Crippen LogP contribution in [0.4, 0.5) is 5.69 Å². The van der Waals surface area contributed by atoms with Gasteiger partial charge < -0.3 is 25.8 Å². The molecule has 0 unspecified atom stereocenters. The van der Waals surface area contributed by atoms with Crippen LogP contribution in [-0.2, 0) is 9.59 Å². The van der Waals surface area contributed by atoms with Crippen LogP contribution in [0.15, 0.2) is 42.5 Å².